The highest BCUT2D eigenvalue weighted by Gasteiger charge is 2.24. The number of halogens is 1. The van der Waals surface area contributed by atoms with Crippen LogP contribution in [0, 0.1) is 11.8 Å². The molecule has 3 rings (SSSR count). The first-order chi connectivity index (χ1) is 14.6. The number of benzene rings is 1. The molecule has 8 heteroatoms. The van der Waals surface area contributed by atoms with Gasteiger partial charge >= 0.3 is 0 Å². The van der Waals surface area contributed by atoms with Crippen LogP contribution in [0.25, 0.3) is 0 Å². The number of aliphatic imine (C=N–C) groups is 1. The minimum absolute atomic E-state index is 0. The smallest absolute Gasteiger partial charge is 0.194 e. The predicted molar refractivity (Wildman–Crippen MR) is 136 cm³/mol. The van der Waals surface area contributed by atoms with Crippen LogP contribution in [-0.2, 0) is 19.4 Å². The monoisotopic (exact) mass is 540 g/mol. The van der Waals surface area contributed by atoms with Crippen LogP contribution in [0.4, 0.5) is 0 Å². The van der Waals surface area contributed by atoms with Crippen LogP contribution in [-0.4, -0.2) is 58.9 Å². The van der Waals surface area contributed by atoms with Crippen LogP contribution < -0.4 is 10.1 Å². The van der Waals surface area contributed by atoms with Gasteiger partial charge in [0.1, 0.15) is 17.9 Å². The van der Waals surface area contributed by atoms with E-state index in [0.29, 0.717) is 11.8 Å². The van der Waals surface area contributed by atoms with Gasteiger partial charge in [-0.05, 0) is 42.4 Å². The van der Waals surface area contributed by atoms with Gasteiger partial charge in [0.2, 0.25) is 0 Å². The Balaban J connectivity index is 0.00000341. The number of nitrogens with zero attached hydrogens (tertiary/aromatic N) is 5. The molecule has 1 aromatic heterocycles. The summed E-state index contributed by atoms with van der Waals surface area (Å²) in [5.41, 5.74) is 1.27. The lowest BCUT2D eigenvalue weighted by Crippen LogP contribution is -2.49. The summed E-state index contributed by atoms with van der Waals surface area (Å²) in [4.78, 5) is 7.41. The molecule has 1 aliphatic heterocycles. The molecular formula is C23H37IN6O. The number of hydrogen-bond acceptors (Lipinski definition) is 4. The fourth-order valence-corrected chi connectivity index (χ4v) is 4.21. The quantitative estimate of drug-likeness (QED) is 0.315. The van der Waals surface area contributed by atoms with Crippen molar-refractivity contribution in [2.24, 2.45) is 16.8 Å². The molecule has 1 aliphatic rings. The fraction of sp³-hybridized carbons (Fsp3) is 0.609. The van der Waals surface area contributed by atoms with E-state index in [4.69, 9.17) is 9.73 Å². The highest BCUT2D eigenvalue weighted by atomic mass is 127. The van der Waals surface area contributed by atoms with Crippen LogP contribution in [0.1, 0.15) is 38.6 Å². The molecule has 2 aromatic rings. The molecule has 7 nitrogen and oxygen atoms in total. The van der Waals surface area contributed by atoms with Crippen molar-refractivity contribution >= 4 is 29.9 Å². The van der Waals surface area contributed by atoms with E-state index < -0.39 is 0 Å². The van der Waals surface area contributed by atoms with Crippen LogP contribution in [0.3, 0.4) is 0 Å². The maximum absolute atomic E-state index is 5.25. The van der Waals surface area contributed by atoms with E-state index in [1.807, 2.05) is 18.5 Å². The van der Waals surface area contributed by atoms with E-state index in [9.17, 15) is 0 Å². The SMILES string of the molecule is CCc1nncn1CCNC(=NCCc1ccc(OC)cc1)N1CC(C)CC(C)C1.I. The lowest BCUT2D eigenvalue weighted by atomic mass is 9.92. The Kier molecular flexibility index (Phi) is 10.6. The minimum atomic E-state index is 0. The van der Waals surface area contributed by atoms with E-state index in [-0.39, 0.29) is 24.0 Å². The van der Waals surface area contributed by atoms with Gasteiger partial charge in [0, 0.05) is 39.1 Å². The van der Waals surface area contributed by atoms with E-state index in [1.54, 1.807) is 7.11 Å². The molecule has 0 bridgehead atoms. The first-order valence-electron chi connectivity index (χ1n) is 11.1. The number of ether oxygens (including phenoxy) is 1. The largest absolute Gasteiger partial charge is 0.497 e. The van der Waals surface area contributed by atoms with Crippen molar-refractivity contribution < 1.29 is 4.74 Å². The number of rotatable bonds is 8. The standard InChI is InChI=1S/C23H36N6O.HI/c1-5-22-27-26-17-28(22)13-12-25-23(29-15-18(2)14-19(3)16-29)24-11-10-20-6-8-21(30-4)9-7-20;/h6-9,17-19H,5,10-16H2,1-4H3,(H,24,25);1H. The Morgan fingerprint density at radius 1 is 1.19 bits per heavy atom. The molecule has 31 heavy (non-hydrogen) atoms. The summed E-state index contributed by atoms with van der Waals surface area (Å²) in [7, 11) is 1.70. The number of piperidine rings is 1. The molecule has 0 amide bonds. The van der Waals surface area contributed by atoms with E-state index in [0.717, 1.165) is 63.1 Å². The third kappa shape index (κ3) is 7.66. The number of aromatic nitrogens is 3. The second kappa shape index (κ2) is 12.9. The average Bonchev–Trinajstić information content (AvgIpc) is 3.20. The second-order valence-electron chi connectivity index (χ2n) is 8.38. The maximum Gasteiger partial charge on any atom is 0.194 e. The van der Waals surface area contributed by atoms with Crippen molar-refractivity contribution in [3.8, 4) is 5.75 Å². The highest BCUT2D eigenvalue weighted by molar-refractivity contribution is 14.0. The summed E-state index contributed by atoms with van der Waals surface area (Å²) in [6.07, 6.45) is 4.91. The zero-order valence-electron chi connectivity index (χ0n) is 19.3. The summed E-state index contributed by atoms with van der Waals surface area (Å²) in [5.74, 6) is 4.31. The van der Waals surface area contributed by atoms with E-state index in [2.05, 4.69) is 57.9 Å². The van der Waals surface area contributed by atoms with Gasteiger partial charge in [-0.2, -0.15) is 0 Å². The highest BCUT2D eigenvalue weighted by Crippen LogP contribution is 2.21. The maximum atomic E-state index is 5.25. The number of guanidine groups is 1. The van der Waals surface area contributed by atoms with Crippen LogP contribution >= 0.6 is 24.0 Å². The van der Waals surface area contributed by atoms with Gasteiger partial charge in [0.25, 0.3) is 0 Å². The van der Waals surface area contributed by atoms with Gasteiger partial charge in [-0.25, -0.2) is 0 Å². The van der Waals surface area contributed by atoms with Gasteiger partial charge in [-0.1, -0.05) is 32.9 Å². The first kappa shape index (κ1) is 25.4. The van der Waals surface area contributed by atoms with E-state index in [1.165, 1.54) is 12.0 Å². The van der Waals surface area contributed by atoms with Crippen LogP contribution in [0.2, 0.25) is 0 Å². The number of hydrogen-bond donors (Lipinski definition) is 1. The fourth-order valence-electron chi connectivity index (χ4n) is 4.21. The van der Waals surface area contributed by atoms with Gasteiger partial charge < -0.3 is 19.5 Å². The zero-order chi connectivity index (χ0) is 21.3. The molecule has 0 radical (unpaired) electrons. The normalized spacial score (nSPS) is 19.1. The lowest BCUT2D eigenvalue weighted by Gasteiger charge is -2.37. The summed E-state index contributed by atoms with van der Waals surface area (Å²) in [5, 5.41) is 11.8. The third-order valence-corrected chi connectivity index (χ3v) is 5.64. The van der Waals surface area contributed by atoms with Gasteiger partial charge in [0.15, 0.2) is 5.96 Å². The van der Waals surface area contributed by atoms with Crippen LogP contribution in [0.15, 0.2) is 35.6 Å². The van der Waals surface area contributed by atoms with Crippen molar-refractivity contribution in [3.05, 3.63) is 42.0 Å². The molecule has 2 heterocycles. The van der Waals surface area contributed by atoms with Crippen molar-refractivity contribution in [2.45, 2.75) is 46.6 Å². The molecule has 1 saturated heterocycles. The first-order valence-corrected chi connectivity index (χ1v) is 11.1. The van der Waals surface area contributed by atoms with Gasteiger partial charge in [-0.15, -0.1) is 34.2 Å². The zero-order valence-corrected chi connectivity index (χ0v) is 21.6. The Bertz CT molecular complexity index is 797. The molecule has 0 aliphatic carbocycles. The molecule has 0 spiro atoms. The van der Waals surface area contributed by atoms with Gasteiger partial charge in [0.05, 0.1) is 7.11 Å². The Morgan fingerprint density at radius 2 is 1.90 bits per heavy atom. The molecule has 2 atom stereocenters. The van der Waals surface area contributed by atoms with Crippen molar-refractivity contribution in [1.82, 2.24) is 25.0 Å². The number of methoxy groups -OCH3 is 1. The Hall–Kier alpha value is -1.84. The molecular weight excluding hydrogens is 503 g/mol. The molecule has 1 fully saturated rings. The second-order valence-corrected chi connectivity index (χ2v) is 8.38. The molecule has 1 aromatic carbocycles. The van der Waals surface area contributed by atoms with E-state index >= 15 is 0 Å². The molecule has 2 unspecified atom stereocenters. The average molecular weight is 540 g/mol. The van der Waals surface area contributed by atoms with Crippen LogP contribution in [0.5, 0.6) is 5.75 Å². The molecule has 172 valence electrons. The van der Waals surface area contributed by atoms with Crippen molar-refractivity contribution in [3.63, 3.8) is 0 Å². The topological polar surface area (TPSA) is 67.6 Å². The third-order valence-electron chi connectivity index (χ3n) is 5.64. The number of nitrogens with one attached hydrogen (secondary N) is 1. The Morgan fingerprint density at radius 3 is 2.55 bits per heavy atom. The molecule has 0 saturated carbocycles. The summed E-state index contributed by atoms with van der Waals surface area (Å²) >= 11 is 0. The predicted octanol–water partition coefficient (Wildman–Crippen LogP) is 3.63. The summed E-state index contributed by atoms with van der Waals surface area (Å²) < 4.78 is 7.36. The van der Waals surface area contributed by atoms with Crippen molar-refractivity contribution in [2.75, 3.05) is 33.3 Å². The Labute approximate surface area is 203 Å². The molecule has 1 N–H and O–H groups in total. The minimum Gasteiger partial charge on any atom is -0.497 e. The lowest BCUT2D eigenvalue weighted by molar-refractivity contribution is 0.208. The number of aryl methyl sites for hydroxylation is 1. The number of likely N-dealkylation sites (tertiary alicyclic amines) is 1. The summed E-state index contributed by atoms with van der Waals surface area (Å²) in [6.45, 7) is 11.3. The summed E-state index contributed by atoms with van der Waals surface area (Å²) in [6, 6.07) is 8.25. The van der Waals surface area contributed by atoms with Gasteiger partial charge in [-0.3, -0.25) is 4.99 Å². The van der Waals surface area contributed by atoms with Crippen molar-refractivity contribution in [1.29, 1.82) is 0 Å².